The molecule has 4 rings (SSSR count). The van der Waals surface area contributed by atoms with Gasteiger partial charge in [0, 0.05) is 38.2 Å². The molecule has 0 saturated carbocycles. The van der Waals surface area contributed by atoms with Gasteiger partial charge in [0.25, 0.3) is 5.91 Å². The van der Waals surface area contributed by atoms with E-state index in [2.05, 4.69) is 0 Å². The maximum absolute atomic E-state index is 13.1. The van der Waals surface area contributed by atoms with Gasteiger partial charge in [0.15, 0.2) is 6.10 Å². The summed E-state index contributed by atoms with van der Waals surface area (Å²) < 4.78 is 35.4. The largest absolute Gasteiger partial charge is 0.481 e. The van der Waals surface area contributed by atoms with Crippen LogP contribution in [-0.2, 0) is 21.9 Å². The van der Waals surface area contributed by atoms with Gasteiger partial charge in [-0.1, -0.05) is 29.0 Å². The van der Waals surface area contributed by atoms with Gasteiger partial charge in [0.1, 0.15) is 5.75 Å². The first kappa shape index (κ1) is 22.8. The summed E-state index contributed by atoms with van der Waals surface area (Å²) in [6.07, 6.45) is -0.722. The molecule has 32 heavy (non-hydrogen) atoms. The Balaban J connectivity index is 1.42. The number of piperazine rings is 1. The molecule has 2 aromatic carbocycles. The highest BCUT2D eigenvalue weighted by Gasteiger charge is 2.32. The van der Waals surface area contributed by atoms with Crippen molar-refractivity contribution in [3.05, 3.63) is 57.2 Å². The number of aryl methyl sites for hydroxylation is 1. The Labute approximate surface area is 194 Å². The van der Waals surface area contributed by atoms with E-state index in [-0.39, 0.29) is 41.9 Å². The number of carbonyl (C=O) groups is 1. The predicted octanol–water partition coefficient (Wildman–Crippen LogP) is 2.55. The zero-order valence-corrected chi connectivity index (χ0v) is 19.9. The monoisotopic (exact) mass is 495 g/mol. The summed E-state index contributed by atoms with van der Waals surface area (Å²) in [5.74, 6) is 0.288. The first-order chi connectivity index (χ1) is 15.2. The van der Waals surface area contributed by atoms with Crippen LogP contribution in [0, 0.1) is 0 Å². The Morgan fingerprint density at radius 1 is 1.12 bits per heavy atom. The molecule has 2 heterocycles. The van der Waals surface area contributed by atoms with Crippen LogP contribution in [0.1, 0.15) is 6.92 Å². The van der Waals surface area contributed by atoms with Gasteiger partial charge in [0.05, 0.1) is 15.1 Å². The lowest BCUT2D eigenvalue weighted by molar-refractivity contribution is -0.139. The van der Waals surface area contributed by atoms with Crippen molar-refractivity contribution in [1.29, 1.82) is 0 Å². The fraction of sp³-hybridized carbons (Fsp3) is 0.333. The fourth-order valence-corrected chi connectivity index (χ4v) is 6.25. The van der Waals surface area contributed by atoms with Gasteiger partial charge in [-0.25, -0.2) is 8.42 Å². The lowest BCUT2D eigenvalue weighted by Gasteiger charge is -2.35. The standard InChI is InChI=1S/C21H22ClN3O5S2/c1-14(30-16-5-3-4-15(22)12-16)20(26)24-8-10-25(11-9-24)32(28,29)17-6-7-18-19(13-17)31-21(27)23(18)2/h3-7,12-14H,8-11H2,1-2H3/t14-/m0/s1. The smallest absolute Gasteiger partial charge is 0.307 e. The number of thiazole rings is 1. The van der Waals surface area contributed by atoms with E-state index in [0.29, 0.717) is 21.0 Å². The van der Waals surface area contributed by atoms with E-state index >= 15 is 0 Å². The molecule has 0 radical (unpaired) electrons. The second-order valence-electron chi connectivity index (χ2n) is 7.50. The van der Waals surface area contributed by atoms with Crippen molar-refractivity contribution in [2.75, 3.05) is 26.2 Å². The van der Waals surface area contributed by atoms with E-state index in [4.69, 9.17) is 16.3 Å². The van der Waals surface area contributed by atoms with E-state index in [1.807, 2.05) is 0 Å². The summed E-state index contributed by atoms with van der Waals surface area (Å²) in [5.41, 5.74) is 0.697. The molecular weight excluding hydrogens is 474 g/mol. The van der Waals surface area contributed by atoms with Gasteiger partial charge >= 0.3 is 4.87 Å². The van der Waals surface area contributed by atoms with Crippen molar-refractivity contribution >= 4 is 49.1 Å². The minimum absolute atomic E-state index is 0.143. The van der Waals surface area contributed by atoms with Gasteiger partial charge in [-0.15, -0.1) is 0 Å². The van der Waals surface area contributed by atoms with Crippen LogP contribution in [0.5, 0.6) is 5.75 Å². The number of rotatable bonds is 5. The first-order valence-electron chi connectivity index (χ1n) is 9.97. The van der Waals surface area contributed by atoms with Crippen LogP contribution in [-0.4, -0.2) is 60.4 Å². The molecule has 3 aromatic rings. The summed E-state index contributed by atoms with van der Waals surface area (Å²) in [6.45, 7) is 2.55. The van der Waals surface area contributed by atoms with Crippen LogP contribution in [0.25, 0.3) is 10.2 Å². The Hall–Kier alpha value is -2.40. The summed E-state index contributed by atoms with van der Waals surface area (Å²) in [6, 6.07) is 11.5. The number of benzene rings is 2. The number of carbonyl (C=O) groups excluding carboxylic acids is 1. The number of fused-ring (bicyclic) bond motifs is 1. The third kappa shape index (κ3) is 4.40. The van der Waals surface area contributed by atoms with Crippen LogP contribution in [0.2, 0.25) is 5.02 Å². The number of aromatic nitrogens is 1. The number of ether oxygens (including phenoxy) is 1. The van der Waals surface area contributed by atoms with E-state index in [1.165, 1.54) is 21.0 Å². The Morgan fingerprint density at radius 2 is 1.84 bits per heavy atom. The zero-order valence-electron chi connectivity index (χ0n) is 17.5. The maximum Gasteiger partial charge on any atom is 0.307 e. The van der Waals surface area contributed by atoms with Gasteiger partial charge in [-0.3, -0.25) is 9.59 Å². The normalized spacial score (nSPS) is 16.3. The summed E-state index contributed by atoms with van der Waals surface area (Å²) in [5, 5.41) is 0.516. The van der Waals surface area contributed by atoms with Gasteiger partial charge in [-0.2, -0.15) is 4.31 Å². The van der Waals surface area contributed by atoms with E-state index < -0.39 is 16.1 Å². The number of hydrogen-bond donors (Lipinski definition) is 0. The average Bonchev–Trinajstić information content (AvgIpc) is 3.06. The minimum Gasteiger partial charge on any atom is -0.481 e. The molecule has 1 amide bonds. The molecule has 1 aliphatic heterocycles. The molecule has 1 aromatic heterocycles. The minimum atomic E-state index is -3.73. The summed E-state index contributed by atoms with van der Waals surface area (Å²) in [4.78, 5) is 26.2. The van der Waals surface area contributed by atoms with Crippen molar-refractivity contribution in [3.8, 4) is 5.75 Å². The number of sulfonamides is 1. The maximum atomic E-state index is 13.1. The van der Waals surface area contributed by atoms with Crippen molar-refractivity contribution < 1.29 is 17.9 Å². The van der Waals surface area contributed by atoms with Crippen molar-refractivity contribution in [2.45, 2.75) is 17.9 Å². The molecule has 1 aliphatic rings. The molecule has 8 nitrogen and oxygen atoms in total. The SMILES string of the molecule is C[C@H](Oc1cccc(Cl)c1)C(=O)N1CCN(S(=O)(=O)c2ccc3c(c2)sc(=O)n3C)CC1. The molecule has 0 unspecified atom stereocenters. The Morgan fingerprint density at radius 3 is 2.53 bits per heavy atom. The molecule has 0 bridgehead atoms. The number of amides is 1. The van der Waals surface area contributed by atoms with E-state index in [1.54, 1.807) is 49.2 Å². The summed E-state index contributed by atoms with van der Waals surface area (Å²) >= 11 is 6.97. The van der Waals surface area contributed by atoms with Gasteiger partial charge < -0.3 is 14.2 Å². The molecule has 170 valence electrons. The number of halogens is 1. The van der Waals surface area contributed by atoms with E-state index in [9.17, 15) is 18.0 Å². The third-order valence-electron chi connectivity index (χ3n) is 5.41. The second kappa shape index (κ2) is 8.86. The Kier molecular flexibility index (Phi) is 6.30. The quantitative estimate of drug-likeness (QED) is 0.542. The topological polar surface area (TPSA) is 88.9 Å². The van der Waals surface area contributed by atoms with Crippen LogP contribution in [0.15, 0.2) is 52.2 Å². The van der Waals surface area contributed by atoms with Crippen LogP contribution in [0.3, 0.4) is 0 Å². The lowest BCUT2D eigenvalue weighted by atomic mass is 10.2. The molecule has 1 saturated heterocycles. The molecular formula is C21H22ClN3O5S2. The van der Waals surface area contributed by atoms with Crippen molar-refractivity contribution in [3.63, 3.8) is 0 Å². The molecule has 0 N–H and O–H groups in total. The second-order valence-corrected chi connectivity index (χ2v) is 10.9. The molecule has 11 heteroatoms. The van der Waals surface area contributed by atoms with Crippen molar-refractivity contribution in [2.24, 2.45) is 7.05 Å². The zero-order chi connectivity index (χ0) is 23.0. The van der Waals surface area contributed by atoms with Crippen LogP contribution < -0.4 is 9.61 Å². The van der Waals surface area contributed by atoms with Crippen LogP contribution in [0.4, 0.5) is 0 Å². The lowest BCUT2D eigenvalue weighted by Crippen LogP contribution is -2.53. The van der Waals surface area contributed by atoms with Gasteiger partial charge in [0.2, 0.25) is 10.0 Å². The number of nitrogens with zero attached hydrogens (tertiary/aromatic N) is 3. The average molecular weight is 496 g/mol. The molecule has 0 spiro atoms. The summed E-state index contributed by atoms with van der Waals surface area (Å²) in [7, 11) is -2.08. The predicted molar refractivity (Wildman–Crippen MR) is 124 cm³/mol. The molecule has 0 aliphatic carbocycles. The molecule has 1 atom stereocenters. The fourth-order valence-electron chi connectivity index (χ4n) is 3.62. The molecule has 1 fully saturated rings. The van der Waals surface area contributed by atoms with Gasteiger partial charge in [-0.05, 0) is 43.3 Å². The highest BCUT2D eigenvalue weighted by atomic mass is 35.5. The first-order valence-corrected chi connectivity index (χ1v) is 12.6. The van der Waals surface area contributed by atoms with Crippen molar-refractivity contribution in [1.82, 2.24) is 13.8 Å². The number of hydrogen-bond acceptors (Lipinski definition) is 6. The van der Waals surface area contributed by atoms with Crippen LogP contribution >= 0.6 is 22.9 Å². The Bertz CT molecular complexity index is 1330. The highest BCUT2D eigenvalue weighted by Crippen LogP contribution is 2.25. The highest BCUT2D eigenvalue weighted by molar-refractivity contribution is 7.89. The van der Waals surface area contributed by atoms with E-state index in [0.717, 1.165) is 11.3 Å². The third-order valence-corrected chi connectivity index (χ3v) is 8.53.